The van der Waals surface area contributed by atoms with Crippen LogP contribution in [0.15, 0.2) is 66.3 Å². The molecule has 1 unspecified atom stereocenters. The van der Waals surface area contributed by atoms with Crippen molar-refractivity contribution in [2.45, 2.75) is 25.3 Å². The summed E-state index contributed by atoms with van der Waals surface area (Å²) < 4.78 is 27.3. The minimum atomic E-state index is -1.07. The lowest BCUT2D eigenvalue weighted by atomic mass is 9.81. The highest BCUT2D eigenvalue weighted by Crippen LogP contribution is 2.42. The Morgan fingerprint density at radius 1 is 1.17 bits per heavy atom. The smallest absolute Gasteiger partial charge is 0.337 e. The lowest BCUT2D eigenvalue weighted by Gasteiger charge is -2.37. The Morgan fingerprint density at radius 3 is 2.76 bits per heavy atom. The van der Waals surface area contributed by atoms with E-state index >= 15 is 4.39 Å². The molecule has 0 fully saturated rings. The highest BCUT2D eigenvalue weighted by atomic mass is 32.1. The second-order valence-corrected chi connectivity index (χ2v) is 11.1. The number of amides is 1. The van der Waals surface area contributed by atoms with E-state index in [1.54, 1.807) is 49.1 Å². The summed E-state index contributed by atoms with van der Waals surface area (Å²) in [7, 11) is 1.54. The Bertz CT molecular complexity index is 1820. The Balaban J connectivity index is 1.30. The van der Waals surface area contributed by atoms with Crippen molar-refractivity contribution in [1.29, 1.82) is 0 Å². The number of carbonyl (C=O) groups is 2. The van der Waals surface area contributed by atoms with Crippen molar-refractivity contribution >= 4 is 39.2 Å². The van der Waals surface area contributed by atoms with Crippen LogP contribution in [0.4, 0.5) is 9.52 Å². The Labute approximate surface area is 244 Å². The van der Waals surface area contributed by atoms with Crippen molar-refractivity contribution in [2.24, 2.45) is 0 Å². The number of ether oxygens (including phenoxy) is 2. The van der Waals surface area contributed by atoms with Gasteiger partial charge < -0.3 is 30.2 Å². The first-order chi connectivity index (χ1) is 20.3. The summed E-state index contributed by atoms with van der Waals surface area (Å²) in [6, 6.07) is 13.2. The number of H-pyrrole nitrogens is 1. The SMILES string of the molecule is COc1cc2c(cc1Oc1ccc(-c3c[nH]c4c(C(=O)O)cccc34)c(F)c1)C(C)(CC(=O)Nc1nccs1)NCC2. The topological polar surface area (TPSA) is 126 Å². The van der Waals surface area contributed by atoms with Crippen LogP contribution in [-0.4, -0.2) is 40.6 Å². The van der Waals surface area contributed by atoms with E-state index < -0.39 is 17.3 Å². The van der Waals surface area contributed by atoms with Crippen LogP contribution in [-0.2, 0) is 16.8 Å². The van der Waals surface area contributed by atoms with Gasteiger partial charge in [0.2, 0.25) is 5.91 Å². The summed E-state index contributed by atoms with van der Waals surface area (Å²) in [4.78, 5) is 31.6. The van der Waals surface area contributed by atoms with Crippen LogP contribution in [0.5, 0.6) is 17.2 Å². The summed E-state index contributed by atoms with van der Waals surface area (Å²) in [5.74, 6) is -0.631. The predicted octanol–water partition coefficient (Wildman–Crippen LogP) is 6.32. The molecular weight excluding hydrogens is 559 g/mol. The second kappa shape index (κ2) is 10.9. The number of carboxylic acids is 1. The van der Waals surface area contributed by atoms with Crippen molar-refractivity contribution in [3.05, 3.63) is 88.8 Å². The number of rotatable bonds is 8. The lowest BCUT2D eigenvalue weighted by molar-refractivity contribution is -0.117. The van der Waals surface area contributed by atoms with Gasteiger partial charge in [-0.2, -0.15) is 0 Å². The summed E-state index contributed by atoms with van der Waals surface area (Å²) in [5.41, 5.74) is 2.63. The van der Waals surface area contributed by atoms with Gasteiger partial charge in [-0.25, -0.2) is 14.2 Å². The number of nitrogens with one attached hydrogen (secondary N) is 3. The van der Waals surface area contributed by atoms with Gasteiger partial charge in [-0.3, -0.25) is 4.79 Å². The maximum absolute atomic E-state index is 15.5. The van der Waals surface area contributed by atoms with E-state index in [1.165, 1.54) is 23.5 Å². The Hall–Kier alpha value is -4.74. The largest absolute Gasteiger partial charge is 0.493 e. The number of hydrogen-bond donors (Lipinski definition) is 4. The Morgan fingerprint density at radius 2 is 2.02 bits per heavy atom. The van der Waals surface area contributed by atoms with E-state index in [-0.39, 0.29) is 23.6 Å². The zero-order valence-electron chi connectivity index (χ0n) is 22.8. The summed E-state index contributed by atoms with van der Waals surface area (Å²) in [6.45, 7) is 2.65. The zero-order chi connectivity index (χ0) is 29.4. The molecule has 42 heavy (non-hydrogen) atoms. The third-order valence-corrected chi connectivity index (χ3v) is 8.18. The number of para-hydroxylation sites is 1. The van der Waals surface area contributed by atoms with Gasteiger partial charge in [-0.05, 0) is 54.8 Å². The zero-order valence-corrected chi connectivity index (χ0v) is 23.6. The number of aromatic nitrogens is 2. The highest BCUT2D eigenvalue weighted by Gasteiger charge is 2.35. The number of fused-ring (bicyclic) bond motifs is 2. The summed E-state index contributed by atoms with van der Waals surface area (Å²) in [6.07, 6.45) is 4.15. The van der Waals surface area contributed by atoms with Crippen molar-refractivity contribution in [3.63, 3.8) is 0 Å². The molecular formula is C31H27FN4O5S. The van der Waals surface area contributed by atoms with Crippen LogP contribution in [0.25, 0.3) is 22.0 Å². The van der Waals surface area contributed by atoms with Crippen molar-refractivity contribution in [3.8, 4) is 28.4 Å². The number of carbonyl (C=O) groups excluding carboxylic acids is 1. The molecule has 0 radical (unpaired) electrons. The summed E-state index contributed by atoms with van der Waals surface area (Å²) >= 11 is 1.35. The third-order valence-electron chi connectivity index (χ3n) is 7.49. The average Bonchev–Trinajstić information content (AvgIpc) is 3.63. The molecule has 5 aromatic rings. The van der Waals surface area contributed by atoms with E-state index in [2.05, 4.69) is 20.6 Å². The van der Waals surface area contributed by atoms with Crippen molar-refractivity contribution in [2.75, 3.05) is 19.0 Å². The maximum atomic E-state index is 15.5. The third kappa shape index (κ3) is 5.08. The first-order valence-electron chi connectivity index (χ1n) is 13.2. The molecule has 3 heterocycles. The van der Waals surface area contributed by atoms with Gasteiger partial charge in [-0.15, -0.1) is 11.3 Å². The van der Waals surface area contributed by atoms with Crippen LogP contribution in [0.2, 0.25) is 0 Å². The molecule has 0 saturated heterocycles. The second-order valence-electron chi connectivity index (χ2n) is 10.2. The van der Waals surface area contributed by atoms with E-state index in [0.29, 0.717) is 45.2 Å². The fourth-order valence-corrected chi connectivity index (χ4v) is 6.06. The molecule has 214 valence electrons. The number of hydrogen-bond acceptors (Lipinski definition) is 7. The molecule has 2 aromatic heterocycles. The predicted molar refractivity (Wildman–Crippen MR) is 158 cm³/mol. The number of thiazole rings is 1. The number of aromatic amines is 1. The van der Waals surface area contributed by atoms with Crippen LogP contribution < -0.4 is 20.1 Å². The van der Waals surface area contributed by atoms with Gasteiger partial charge in [0.1, 0.15) is 11.6 Å². The Kier molecular flexibility index (Phi) is 7.13. The maximum Gasteiger partial charge on any atom is 0.337 e. The number of halogens is 1. The number of aromatic carboxylic acids is 1. The molecule has 6 rings (SSSR count). The van der Waals surface area contributed by atoms with E-state index in [0.717, 1.165) is 17.5 Å². The fraction of sp³-hybridized carbons (Fsp3) is 0.194. The molecule has 4 N–H and O–H groups in total. The normalized spacial score (nSPS) is 16.2. The first-order valence-corrected chi connectivity index (χ1v) is 14.1. The van der Waals surface area contributed by atoms with Crippen molar-refractivity contribution < 1.29 is 28.6 Å². The van der Waals surface area contributed by atoms with Crippen LogP contribution in [0.3, 0.4) is 0 Å². The molecule has 0 bridgehead atoms. The highest BCUT2D eigenvalue weighted by molar-refractivity contribution is 7.13. The average molecular weight is 587 g/mol. The van der Waals surface area contributed by atoms with E-state index in [9.17, 15) is 14.7 Å². The van der Waals surface area contributed by atoms with Gasteiger partial charge in [0.05, 0.1) is 18.2 Å². The molecule has 0 saturated carbocycles. The molecule has 1 aliphatic rings. The van der Waals surface area contributed by atoms with Gasteiger partial charge >= 0.3 is 5.97 Å². The first kappa shape index (κ1) is 27.4. The van der Waals surface area contributed by atoms with Gasteiger partial charge in [0, 0.05) is 58.9 Å². The number of benzene rings is 3. The van der Waals surface area contributed by atoms with Gasteiger partial charge in [0.25, 0.3) is 0 Å². The molecule has 0 aliphatic carbocycles. The standard InChI is InChI=1S/C31H27FN4O5S/c1-31(15-27(37)36-30-33-10-11-42-30)23-14-26(25(40-2)12-17(23)8-9-35-31)41-18-6-7-19(24(32)13-18)22-16-34-28-20(22)4-3-5-21(28)29(38)39/h3-7,10-14,16,34-35H,8-9,15H2,1-2H3,(H,38,39)(H,33,36,37). The van der Waals surface area contributed by atoms with E-state index in [4.69, 9.17) is 9.47 Å². The number of carboxylic acid groups (broad SMARTS) is 1. The van der Waals surface area contributed by atoms with Crippen LogP contribution >= 0.6 is 11.3 Å². The molecule has 9 nitrogen and oxygen atoms in total. The van der Waals surface area contributed by atoms with Crippen LogP contribution in [0.1, 0.15) is 34.8 Å². The van der Waals surface area contributed by atoms with Gasteiger partial charge in [-0.1, -0.05) is 12.1 Å². The number of anilines is 1. The molecule has 1 aliphatic heterocycles. The minimum absolute atomic E-state index is 0.112. The molecule has 1 amide bonds. The monoisotopic (exact) mass is 586 g/mol. The number of methoxy groups -OCH3 is 1. The fourth-order valence-electron chi connectivity index (χ4n) is 5.52. The quantitative estimate of drug-likeness (QED) is 0.168. The lowest BCUT2D eigenvalue weighted by Crippen LogP contribution is -2.47. The van der Waals surface area contributed by atoms with E-state index in [1.807, 2.05) is 19.1 Å². The van der Waals surface area contributed by atoms with Gasteiger partial charge in [0.15, 0.2) is 16.6 Å². The summed E-state index contributed by atoms with van der Waals surface area (Å²) in [5, 5.41) is 18.7. The molecule has 11 heteroatoms. The molecule has 3 aromatic carbocycles. The minimum Gasteiger partial charge on any atom is -0.493 e. The molecule has 0 spiro atoms. The molecule has 1 atom stereocenters. The number of nitrogens with zero attached hydrogens (tertiary/aromatic N) is 1. The van der Waals surface area contributed by atoms with Crippen LogP contribution in [0, 0.1) is 5.82 Å². The van der Waals surface area contributed by atoms with Crippen molar-refractivity contribution in [1.82, 2.24) is 15.3 Å².